The normalized spacial score (nSPS) is 10.8. The number of amidine groups is 1. The summed E-state index contributed by atoms with van der Waals surface area (Å²) >= 11 is 0. The van der Waals surface area contributed by atoms with E-state index in [1.165, 1.54) is 5.56 Å². The average molecular weight is 341 g/mol. The van der Waals surface area contributed by atoms with E-state index < -0.39 is 0 Å². The fourth-order valence-corrected chi connectivity index (χ4v) is 2.94. The first-order chi connectivity index (χ1) is 12.7. The molecule has 0 unspecified atom stereocenters. The molecule has 0 aliphatic rings. The lowest BCUT2D eigenvalue weighted by Crippen LogP contribution is -2.15. The predicted molar refractivity (Wildman–Crippen MR) is 110 cm³/mol. The van der Waals surface area contributed by atoms with E-state index in [4.69, 9.17) is 11.1 Å². The van der Waals surface area contributed by atoms with Crippen LogP contribution in [0.3, 0.4) is 0 Å². The van der Waals surface area contributed by atoms with Crippen molar-refractivity contribution >= 4 is 11.5 Å². The molecule has 0 amide bonds. The third-order valence-corrected chi connectivity index (χ3v) is 4.20. The van der Waals surface area contributed by atoms with Gasteiger partial charge in [-0.2, -0.15) is 0 Å². The number of nitrogens with two attached hydrogens (primary N) is 1. The molecule has 3 nitrogen and oxygen atoms in total. The number of benzene rings is 3. The van der Waals surface area contributed by atoms with Gasteiger partial charge in [0.1, 0.15) is 5.84 Å². The Bertz CT molecular complexity index is 914. The van der Waals surface area contributed by atoms with Crippen LogP contribution in [0.25, 0.3) is 11.1 Å². The fraction of sp³-hybridized carbons (Fsp3) is 0.0870. The predicted octanol–water partition coefficient (Wildman–Crippen LogP) is 5.18. The number of anilines is 1. The summed E-state index contributed by atoms with van der Waals surface area (Å²) in [6.45, 7) is 2.81. The van der Waals surface area contributed by atoms with Crippen LogP contribution in [0, 0.1) is 5.41 Å². The lowest BCUT2D eigenvalue weighted by atomic mass is 10.0. The second kappa shape index (κ2) is 8.17. The maximum atomic E-state index is 7.63. The third kappa shape index (κ3) is 4.19. The van der Waals surface area contributed by atoms with Gasteiger partial charge in [-0.05, 0) is 47.9 Å². The van der Waals surface area contributed by atoms with Crippen LogP contribution < -0.4 is 10.6 Å². The first-order valence-corrected chi connectivity index (χ1v) is 8.65. The maximum Gasteiger partial charge on any atom is 0.122 e. The summed E-state index contributed by atoms with van der Waals surface area (Å²) in [5.74, 6) is 0.0892. The molecular formula is C23H23N3. The second-order valence-electron chi connectivity index (χ2n) is 6.14. The van der Waals surface area contributed by atoms with Crippen molar-refractivity contribution in [1.29, 1.82) is 5.41 Å². The van der Waals surface area contributed by atoms with Crippen molar-refractivity contribution in [3.63, 3.8) is 0 Å². The monoisotopic (exact) mass is 341 g/mol. The molecule has 3 N–H and O–H groups in total. The molecule has 0 aromatic heterocycles. The highest BCUT2D eigenvalue weighted by atomic mass is 15.1. The minimum absolute atomic E-state index is 0.0892. The molecule has 0 bridgehead atoms. The van der Waals surface area contributed by atoms with Gasteiger partial charge >= 0.3 is 0 Å². The Morgan fingerprint density at radius 2 is 1.62 bits per heavy atom. The van der Waals surface area contributed by atoms with Crippen molar-refractivity contribution in [3.8, 4) is 11.1 Å². The van der Waals surface area contributed by atoms with Crippen LogP contribution in [-0.4, -0.2) is 5.84 Å². The van der Waals surface area contributed by atoms with Gasteiger partial charge in [-0.1, -0.05) is 60.7 Å². The summed E-state index contributed by atoms with van der Waals surface area (Å²) in [6.07, 6.45) is 4.14. The Hall–Kier alpha value is -3.33. The van der Waals surface area contributed by atoms with Gasteiger partial charge in [-0.25, -0.2) is 0 Å². The Morgan fingerprint density at radius 1 is 0.923 bits per heavy atom. The zero-order chi connectivity index (χ0) is 18.4. The van der Waals surface area contributed by atoms with Crippen molar-refractivity contribution in [3.05, 3.63) is 102 Å². The molecule has 0 fully saturated rings. The van der Waals surface area contributed by atoms with E-state index >= 15 is 0 Å². The van der Waals surface area contributed by atoms with Crippen molar-refractivity contribution in [2.24, 2.45) is 5.73 Å². The van der Waals surface area contributed by atoms with Gasteiger partial charge in [0.2, 0.25) is 0 Å². The molecule has 0 radical (unpaired) electrons. The lowest BCUT2D eigenvalue weighted by molar-refractivity contribution is 0.966. The van der Waals surface area contributed by atoms with Gasteiger partial charge in [-0.15, -0.1) is 0 Å². The summed E-state index contributed by atoms with van der Waals surface area (Å²) < 4.78 is 0. The van der Waals surface area contributed by atoms with Gasteiger partial charge in [0.15, 0.2) is 0 Å². The van der Waals surface area contributed by atoms with Crippen LogP contribution >= 0.6 is 0 Å². The molecule has 0 saturated carbocycles. The van der Waals surface area contributed by atoms with Gasteiger partial charge in [0.05, 0.1) is 0 Å². The number of rotatable bonds is 6. The largest absolute Gasteiger partial charge is 0.384 e. The van der Waals surface area contributed by atoms with E-state index in [0.717, 1.165) is 28.9 Å². The van der Waals surface area contributed by atoms with Crippen molar-refractivity contribution < 1.29 is 0 Å². The van der Waals surface area contributed by atoms with Crippen LogP contribution in [0.15, 0.2) is 91.1 Å². The molecule has 3 aromatic rings. The molecule has 0 aliphatic carbocycles. The summed E-state index contributed by atoms with van der Waals surface area (Å²) in [7, 11) is 0. The van der Waals surface area contributed by atoms with E-state index in [0.29, 0.717) is 0 Å². The summed E-state index contributed by atoms with van der Waals surface area (Å²) in [5, 5.41) is 7.63. The smallest absolute Gasteiger partial charge is 0.122 e. The average Bonchev–Trinajstić information content (AvgIpc) is 2.69. The van der Waals surface area contributed by atoms with Crippen molar-refractivity contribution in [1.82, 2.24) is 0 Å². The first-order valence-electron chi connectivity index (χ1n) is 8.65. The summed E-state index contributed by atoms with van der Waals surface area (Å²) in [5.41, 5.74) is 10.9. The number of hydrogen-bond acceptors (Lipinski definition) is 2. The molecule has 0 spiro atoms. The Kier molecular flexibility index (Phi) is 5.49. The maximum absolute atomic E-state index is 7.63. The Morgan fingerprint density at radius 3 is 2.31 bits per heavy atom. The zero-order valence-electron chi connectivity index (χ0n) is 14.9. The third-order valence-electron chi connectivity index (χ3n) is 4.20. The van der Waals surface area contributed by atoms with E-state index in [-0.39, 0.29) is 5.84 Å². The number of nitrogen functional groups attached to an aromatic ring is 1. The van der Waals surface area contributed by atoms with E-state index in [2.05, 4.69) is 59.6 Å². The topological polar surface area (TPSA) is 53.1 Å². The Balaban J connectivity index is 1.89. The van der Waals surface area contributed by atoms with Crippen molar-refractivity contribution in [2.75, 3.05) is 4.90 Å². The molecule has 130 valence electrons. The van der Waals surface area contributed by atoms with Crippen LogP contribution in [-0.2, 0) is 6.54 Å². The molecule has 26 heavy (non-hydrogen) atoms. The van der Waals surface area contributed by atoms with Gasteiger partial charge in [-0.3, -0.25) is 5.41 Å². The highest BCUT2D eigenvalue weighted by molar-refractivity contribution is 5.96. The number of nitrogens with one attached hydrogen (secondary N) is 1. The lowest BCUT2D eigenvalue weighted by Gasteiger charge is -2.21. The molecule has 3 aromatic carbocycles. The quantitative estimate of drug-likeness (QED) is 0.479. The molecule has 0 saturated heterocycles. The zero-order valence-corrected chi connectivity index (χ0v) is 14.9. The highest BCUT2D eigenvalue weighted by Crippen LogP contribution is 2.24. The summed E-state index contributed by atoms with van der Waals surface area (Å²) in [6, 6.07) is 26.7. The van der Waals surface area contributed by atoms with Gasteiger partial charge < -0.3 is 10.6 Å². The molecule has 3 heteroatoms. The first kappa shape index (κ1) is 17.5. The molecular weight excluding hydrogens is 318 g/mol. The summed E-state index contributed by atoms with van der Waals surface area (Å²) in [4.78, 5) is 2.23. The van der Waals surface area contributed by atoms with Crippen LogP contribution in [0.5, 0.6) is 0 Å². The molecule has 3 rings (SSSR count). The van der Waals surface area contributed by atoms with Gasteiger partial charge in [0.25, 0.3) is 0 Å². The molecule has 0 heterocycles. The SMILES string of the molecule is CC=CN(Cc1cccc(-c2cccc(C(=N)N)c2)c1)c1ccccc1. The number of hydrogen-bond donors (Lipinski definition) is 2. The molecule has 0 aliphatic heterocycles. The second-order valence-corrected chi connectivity index (χ2v) is 6.14. The van der Waals surface area contributed by atoms with Crippen LogP contribution in [0.2, 0.25) is 0 Å². The fourth-order valence-electron chi connectivity index (χ4n) is 2.94. The standard InChI is InChI=1S/C23H23N3/c1-2-14-26(22-12-4-3-5-13-22)17-18-8-6-9-19(15-18)20-10-7-11-21(16-20)23(24)25/h2-16H,17H2,1H3,(H3,24,25). The Labute approximate surface area is 154 Å². The minimum Gasteiger partial charge on any atom is -0.384 e. The molecule has 0 atom stereocenters. The highest BCUT2D eigenvalue weighted by Gasteiger charge is 2.06. The number of para-hydroxylation sites is 1. The van der Waals surface area contributed by atoms with Crippen LogP contribution in [0.4, 0.5) is 5.69 Å². The number of nitrogens with zero attached hydrogens (tertiary/aromatic N) is 1. The van der Waals surface area contributed by atoms with Gasteiger partial charge in [0, 0.05) is 24.0 Å². The van der Waals surface area contributed by atoms with Crippen molar-refractivity contribution in [2.45, 2.75) is 13.5 Å². The van der Waals surface area contributed by atoms with Crippen LogP contribution in [0.1, 0.15) is 18.1 Å². The number of allylic oxidation sites excluding steroid dienone is 1. The minimum atomic E-state index is 0.0892. The van der Waals surface area contributed by atoms with E-state index in [1.807, 2.05) is 43.3 Å². The van der Waals surface area contributed by atoms with E-state index in [9.17, 15) is 0 Å². The van der Waals surface area contributed by atoms with E-state index in [1.54, 1.807) is 0 Å².